The van der Waals surface area contributed by atoms with Crippen LogP contribution in [-0.2, 0) is 0 Å². The Hall–Kier alpha value is -5.79. The molecule has 0 saturated heterocycles. The highest BCUT2D eigenvalue weighted by atomic mass is 32.1. The molecule has 0 spiro atoms. The fourth-order valence-electron chi connectivity index (χ4n) is 6.86. The molecule has 0 aliphatic rings. The minimum Gasteiger partial charge on any atom is -0.208 e. The Bertz CT molecular complexity index is 3500. The third-order valence-corrected chi connectivity index (χ3v) is 12.7. The second-order valence-electron chi connectivity index (χ2n) is 12.3. The Labute approximate surface area is 313 Å². The van der Waals surface area contributed by atoms with Gasteiger partial charge in [-0.2, -0.15) is 0 Å². The smallest absolute Gasteiger partial charge is 0.164 e. The Morgan fingerprint density at radius 3 is 1.88 bits per heavy atom. The van der Waals surface area contributed by atoms with E-state index >= 15 is 0 Å². The number of benzene rings is 7. The molecule has 0 amide bonds. The van der Waals surface area contributed by atoms with Gasteiger partial charge in [0, 0.05) is 88.3 Å². The molecule has 4 heterocycles. The molecule has 0 aliphatic heterocycles. The molecule has 0 fully saturated rings. The van der Waals surface area contributed by atoms with Gasteiger partial charge in [-0.25, -0.2) is 15.0 Å². The maximum Gasteiger partial charge on any atom is 0.164 e. The van der Waals surface area contributed by atoms with Crippen molar-refractivity contribution in [2.24, 2.45) is 0 Å². The normalized spacial score (nSPS) is 13.6. The molecule has 0 aliphatic carbocycles. The van der Waals surface area contributed by atoms with E-state index in [0.29, 0.717) is 32.0 Å². The van der Waals surface area contributed by atoms with Gasteiger partial charge in [0.1, 0.15) is 0 Å². The van der Waals surface area contributed by atoms with E-state index in [-0.39, 0.29) is 53.0 Å². The first kappa shape index (κ1) is 23.6. The largest absolute Gasteiger partial charge is 0.208 e. The second-order valence-corrected chi connectivity index (χ2v) is 15.4. The lowest BCUT2D eigenvalue weighted by atomic mass is 10.0. The third kappa shape index (κ3) is 4.65. The maximum atomic E-state index is 9.68. The molecule has 4 aromatic heterocycles. The van der Waals surface area contributed by atoms with Crippen LogP contribution in [0.4, 0.5) is 0 Å². The molecule has 0 radical (unpaired) electrons. The van der Waals surface area contributed by atoms with Gasteiger partial charge in [-0.05, 0) is 24.2 Å². The lowest BCUT2D eigenvalue weighted by Crippen LogP contribution is -2.00. The fourth-order valence-corrected chi connectivity index (χ4v) is 10.4. The van der Waals surface area contributed by atoms with Crippen LogP contribution in [0, 0.1) is 0 Å². The summed E-state index contributed by atoms with van der Waals surface area (Å²) in [6, 6.07) is 37.0. The molecule has 0 unspecified atom stereocenters. The Kier molecular flexibility index (Phi) is 5.26. The monoisotopic (exact) mass is 709 g/mol. The first-order chi connectivity index (χ1) is 27.8. The van der Waals surface area contributed by atoms with E-state index in [4.69, 9.17) is 17.7 Å². The molecular formula is C45H25N3S3. The van der Waals surface area contributed by atoms with Crippen molar-refractivity contribution in [3.63, 3.8) is 0 Å². The van der Waals surface area contributed by atoms with Gasteiger partial charge in [0.25, 0.3) is 0 Å². The van der Waals surface area contributed by atoms with Crippen LogP contribution < -0.4 is 0 Å². The van der Waals surface area contributed by atoms with Crippen LogP contribution in [0.2, 0.25) is 0 Å². The predicted octanol–water partition coefficient (Wildman–Crippen LogP) is 13.6. The molecule has 7 aromatic carbocycles. The number of hydrogen-bond donors (Lipinski definition) is 0. The van der Waals surface area contributed by atoms with E-state index in [1.807, 2.05) is 72.8 Å². The van der Waals surface area contributed by atoms with E-state index < -0.39 is 0 Å². The molecular weight excluding hydrogens is 679 g/mol. The SMILES string of the molecule is [2H]c1c([2H])c([2H])c2c(sc3c([2H])c(-c4nc(-c5ccccc5)nc(-c5ccc6c(c5)sc5ccccc56)n4)c([2H])c([2H])c32)c1-c1cccc2c1sc1ccccc12. The summed E-state index contributed by atoms with van der Waals surface area (Å²) in [5.74, 6) is 0.852. The average Bonchev–Trinajstić information content (AvgIpc) is 3.95. The Morgan fingerprint density at radius 2 is 1.04 bits per heavy atom. The van der Waals surface area contributed by atoms with Crippen LogP contribution in [0.25, 0.3) is 106 Å². The first-order valence-electron chi connectivity index (χ1n) is 19.4. The minimum absolute atomic E-state index is 0.0493. The molecule has 0 atom stereocenters. The summed E-state index contributed by atoms with van der Waals surface area (Å²) in [5, 5.41) is 5.01. The van der Waals surface area contributed by atoms with Crippen LogP contribution >= 0.6 is 34.0 Å². The molecule has 11 aromatic rings. The fraction of sp³-hybridized carbons (Fsp3) is 0. The van der Waals surface area contributed by atoms with E-state index in [9.17, 15) is 5.48 Å². The lowest BCUT2D eigenvalue weighted by molar-refractivity contribution is 1.08. The maximum absolute atomic E-state index is 9.68. The standard InChI is InChI=1S/C45H25N3S3/c1-2-10-26(11-3-1)43-46-44(27-20-22-31-29-12-4-6-18-37(29)49-39(31)24-27)48-45(47-43)28-21-23-32-34-15-9-17-36(42(34)51-40(32)25-28)35-16-8-14-33-30-13-5-7-19-38(30)50-41(33)35/h1-25H/i9D,15D,17D,21D,23D,25D. The van der Waals surface area contributed by atoms with Gasteiger partial charge < -0.3 is 0 Å². The van der Waals surface area contributed by atoms with E-state index in [2.05, 4.69) is 42.5 Å². The van der Waals surface area contributed by atoms with Crippen molar-refractivity contribution in [1.82, 2.24) is 15.0 Å². The van der Waals surface area contributed by atoms with Gasteiger partial charge in [0.05, 0.1) is 8.22 Å². The summed E-state index contributed by atoms with van der Waals surface area (Å²) in [6.45, 7) is 0. The number of hydrogen-bond acceptors (Lipinski definition) is 6. The highest BCUT2D eigenvalue weighted by molar-refractivity contribution is 7.27. The predicted molar refractivity (Wildman–Crippen MR) is 220 cm³/mol. The van der Waals surface area contributed by atoms with Gasteiger partial charge in [-0.3, -0.25) is 0 Å². The van der Waals surface area contributed by atoms with E-state index in [1.165, 1.54) is 21.4 Å². The van der Waals surface area contributed by atoms with Gasteiger partial charge in [-0.15, -0.1) is 34.0 Å². The van der Waals surface area contributed by atoms with Gasteiger partial charge in [0.15, 0.2) is 17.5 Å². The molecule has 0 saturated carbocycles. The molecule has 51 heavy (non-hydrogen) atoms. The second kappa shape index (κ2) is 11.4. The van der Waals surface area contributed by atoms with Gasteiger partial charge in [0.2, 0.25) is 0 Å². The van der Waals surface area contributed by atoms with E-state index in [1.54, 1.807) is 22.7 Å². The van der Waals surface area contributed by atoms with Crippen LogP contribution in [0.15, 0.2) is 152 Å². The molecule has 0 N–H and O–H groups in total. The van der Waals surface area contributed by atoms with Crippen LogP contribution in [0.5, 0.6) is 0 Å². The number of fused-ring (bicyclic) bond motifs is 9. The zero-order chi connectivity index (χ0) is 38.7. The van der Waals surface area contributed by atoms with Crippen molar-refractivity contribution in [3.05, 3.63) is 152 Å². The zero-order valence-electron chi connectivity index (χ0n) is 32.5. The number of aromatic nitrogens is 3. The zero-order valence-corrected chi connectivity index (χ0v) is 29.0. The molecule has 11 rings (SSSR count). The number of rotatable bonds is 4. The van der Waals surface area contributed by atoms with Crippen LogP contribution in [0.3, 0.4) is 0 Å². The quantitative estimate of drug-likeness (QED) is 0.183. The van der Waals surface area contributed by atoms with Gasteiger partial charge >= 0.3 is 0 Å². The molecule has 0 bridgehead atoms. The topological polar surface area (TPSA) is 38.7 Å². The summed E-state index contributed by atoms with van der Waals surface area (Å²) in [5.41, 5.74) is 2.83. The summed E-state index contributed by atoms with van der Waals surface area (Å²) in [7, 11) is 0. The molecule has 6 heteroatoms. The van der Waals surface area contributed by atoms with Crippen molar-refractivity contribution in [3.8, 4) is 45.3 Å². The molecule has 238 valence electrons. The van der Waals surface area contributed by atoms with Crippen LogP contribution in [0.1, 0.15) is 8.22 Å². The highest BCUT2D eigenvalue weighted by Crippen LogP contribution is 2.46. The summed E-state index contributed by atoms with van der Waals surface area (Å²) in [4.78, 5) is 14.7. The van der Waals surface area contributed by atoms with Gasteiger partial charge in [-0.1, -0.05) is 127 Å². The lowest BCUT2D eigenvalue weighted by Gasteiger charge is -2.09. The van der Waals surface area contributed by atoms with Crippen molar-refractivity contribution < 1.29 is 8.22 Å². The van der Waals surface area contributed by atoms with E-state index in [0.717, 1.165) is 46.9 Å². The van der Waals surface area contributed by atoms with Crippen molar-refractivity contribution in [2.75, 3.05) is 0 Å². The number of nitrogens with zero attached hydrogens (tertiary/aromatic N) is 3. The first-order valence-corrected chi connectivity index (χ1v) is 18.8. The number of thiophene rings is 3. The third-order valence-electron chi connectivity index (χ3n) is 9.26. The summed E-state index contributed by atoms with van der Waals surface area (Å²) < 4.78 is 61.0. The van der Waals surface area contributed by atoms with Crippen molar-refractivity contribution in [1.29, 1.82) is 0 Å². The highest BCUT2D eigenvalue weighted by Gasteiger charge is 2.18. The van der Waals surface area contributed by atoms with Crippen LogP contribution in [-0.4, -0.2) is 15.0 Å². The summed E-state index contributed by atoms with van der Waals surface area (Å²) >= 11 is 4.52. The summed E-state index contributed by atoms with van der Waals surface area (Å²) in [6.07, 6.45) is 0. The minimum atomic E-state index is -0.262. The average molecular weight is 710 g/mol. The Balaban J connectivity index is 1.17. The van der Waals surface area contributed by atoms with Crippen molar-refractivity contribution in [2.45, 2.75) is 0 Å². The van der Waals surface area contributed by atoms with Crippen molar-refractivity contribution >= 4 is 94.5 Å². The Morgan fingerprint density at radius 1 is 0.392 bits per heavy atom. The molecule has 3 nitrogen and oxygen atoms in total.